The number of rotatable bonds is 2. The van der Waals surface area contributed by atoms with Crippen molar-refractivity contribution in [1.82, 2.24) is 0 Å². The topological polar surface area (TPSA) is 29.1 Å². The van der Waals surface area contributed by atoms with Gasteiger partial charge in [0.2, 0.25) is 0 Å². The molecule has 108 valence electrons. The van der Waals surface area contributed by atoms with Crippen LogP contribution in [0.15, 0.2) is 40.9 Å². The molecule has 0 aromatic heterocycles. The highest BCUT2D eigenvalue weighted by Crippen LogP contribution is 2.37. The molecule has 1 atom stereocenters. The van der Waals surface area contributed by atoms with Crippen LogP contribution >= 0.6 is 27.5 Å². The summed E-state index contributed by atoms with van der Waals surface area (Å²) in [4.78, 5) is 12.6. The number of ketones is 1. The lowest BCUT2D eigenvalue weighted by atomic mass is 9.88. The minimum Gasteiger partial charge on any atom is -0.372 e. The van der Waals surface area contributed by atoms with Gasteiger partial charge in [-0.3, -0.25) is 4.79 Å². The maximum atomic E-state index is 13.4. The number of Topliss-reactive ketones (excluding diaryl/α,β-unsaturated/α-hetero) is 1. The second kappa shape index (κ2) is 5.11. The molecule has 0 aliphatic carbocycles. The normalized spacial score (nSPS) is 20.3. The molecule has 5 heteroatoms. The van der Waals surface area contributed by atoms with Gasteiger partial charge in [0.25, 0.3) is 0 Å². The monoisotopic (exact) mass is 367 g/mol. The summed E-state index contributed by atoms with van der Waals surface area (Å²) in [5.41, 5.74) is 1.29. The van der Waals surface area contributed by atoms with Gasteiger partial charge >= 0.3 is 0 Å². The molecule has 1 heterocycles. The molecule has 1 N–H and O–H groups in total. The third-order valence-electron chi connectivity index (χ3n) is 3.69. The molecule has 1 unspecified atom stereocenters. The van der Waals surface area contributed by atoms with Gasteiger partial charge in [0.1, 0.15) is 11.4 Å². The lowest BCUT2D eigenvalue weighted by molar-refractivity contribution is 0.0929. The fourth-order valence-electron chi connectivity index (χ4n) is 2.65. The number of nitrogens with one attached hydrogen (secondary N) is 1. The van der Waals surface area contributed by atoms with E-state index in [-0.39, 0.29) is 11.6 Å². The number of carbonyl (C=O) groups excluding carboxylic acids is 1. The van der Waals surface area contributed by atoms with Crippen LogP contribution in [0.1, 0.15) is 22.8 Å². The van der Waals surface area contributed by atoms with Gasteiger partial charge in [-0.25, -0.2) is 4.39 Å². The maximum Gasteiger partial charge on any atom is 0.190 e. The number of halogens is 3. The quantitative estimate of drug-likeness (QED) is 0.821. The first kappa shape index (κ1) is 14.5. The number of carbonyl (C=O) groups is 1. The van der Waals surface area contributed by atoms with Crippen molar-refractivity contribution in [2.45, 2.75) is 18.9 Å². The predicted octanol–water partition coefficient (Wildman–Crippen LogP) is 4.85. The molecular formula is C16H12BrClFNO. The fraction of sp³-hybridized carbons (Fsp3) is 0.188. The second-order valence-electron chi connectivity index (χ2n) is 5.39. The largest absolute Gasteiger partial charge is 0.372 e. The minimum atomic E-state index is -0.802. The molecule has 2 aromatic rings. The number of benzene rings is 2. The Morgan fingerprint density at radius 1 is 1.29 bits per heavy atom. The van der Waals surface area contributed by atoms with Crippen molar-refractivity contribution >= 4 is 39.0 Å². The molecule has 1 aliphatic heterocycles. The summed E-state index contributed by atoms with van der Waals surface area (Å²) in [5.74, 6) is -0.348. The first-order valence-corrected chi connectivity index (χ1v) is 7.63. The van der Waals surface area contributed by atoms with Crippen molar-refractivity contribution in [3.63, 3.8) is 0 Å². The summed E-state index contributed by atoms with van der Waals surface area (Å²) in [6, 6.07) is 9.68. The van der Waals surface area contributed by atoms with Gasteiger partial charge in [-0.2, -0.15) is 0 Å². The molecule has 0 saturated carbocycles. The smallest absolute Gasteiger partial charge is 0.190 e. The van der Waals surface area contributed by atoms with Crippen molar-refractivity contribution in [3.05, 3.63) is 62.8 Å². The van der Waals surface area contributed by atoms with Crippen LogP contribution in [0.5, 0.6) is 0 Å². The van der Waals surface area contributed by atoms with Gasteiger partial charge in [0.05, 0.1) is 0 Å². The molecule has 0 fully saturated rings. The predicted molar refractivity (Wildman–Crippen MR) is 85.6 cm³/mol. The van der Waals surface area contributed by atoms with Crippen molar-refractivity contribution in [3.8, 4) is 0 Å². The lowest BCUT2D eigenvalue weighted by Gasteiger charge is -2.24. The summed E-state index contributed by atoms with van der Waals surface area (Å²) in [6.07, 6.45) is 0.385. The highest BCUT2D eigenvalue weighted by atomic mass is 79.9. The standard InChI is InChI=1S/C16H12BrClFNO/c1-16(8-9-6-11(19)3-4-13(9)17)15(21)12-7-10(18)2-5-14(12)20-16/h2-7,20H,8H2,1H3. The zero-order chi connectivity index (χ0) is 15.2. The third-order valence-corrected chi connectivity index (χ3v) is 4.70. The van der Waals surface area contributed by atoms with Crippen molar-refractivity contribution < 1.29 is 9.18 Å². The summed E-state index contributed by atoms with van der Waals surface area (Å²) in [6.45, 7) is 1.82. The van der Waals surface area contributed by atoms with Crippen LogP contribution in [0.25, 0.3) is 0 Å². The van der Waals surface area contributed by atoms with Crippen molar-refractivity contribution in [2.75, 3.05) is 5.32 Å². The Bertz CT molecular complexity index is 749. The van der Waals surface area contributed by atoms with E-state index in [9.17, 15) is 9.18 Å². The fourth-order valence-corrected chi connectivity index (χ4v) is 3.21. The van der Waals surface area contributed by atoms with Crippen molar-refractivity contribution in [2.24, 2.45) is 0 Å². The van der Waals surface area contributed by atoms with E-state index in [4.69, 9.17) is 11.6 Å². The summed E-state index contributed by atoms with van der Waals surface area (Å²) in [5, 5.41) is 3.76. The second-order valence-corrected chi connectivity index (χ2v) is 6.68. The average molecular weight is 369 g/mol. The van der Waals surface area contributed by atoms with Crippen LogP contribution in [-0.4, -0.2) is 11.3 Å². The lowest BCUT2D eigenvalue weighted by Crippen LogP contribution is -2.40. The Balaban J connectivity index is 1.97. The van der Waals surface area contributed by atoms with E-state index in [2.05, 4.69) is 21.2 Å². The van der Waals surface area contributed by atoms with Crippen LogP contribution in [0.4, 0.5) is 10.1 Å². The van der Waals surface area contributed by atoms with E-state index >= 15 is 0 Å². The first-order chi connectivity index (χ1) is 9.89. The van der Waals surface area contributed by atoms with Gasteiger partial charge in [-0.15, -0.1) is 0 Å². The van der Waals surface area contributed by atoms with Gasteiger partial charge < -0.3 is 5.32 Å². The molecule has 0 bridgehead atoms. The Labute approximate surface area is 135 Å². The Kier molecular flexibility index (Phi) is 3.54. The molecule has 0 saturated heterocycles. The molecule has 2 nitrogen and oxygen atoms in total. The highest BCUT2D eigenvalue weighted by Gasteiger charge is 2.41. The highest BCUT2D eigenvalue weighted by molar-refractivity contribution is 9.10. The van der Waals surface area contributed by atoms with Crippen LogP contribution in [0.2, 0.25) is 5.02 Å². The summed E-state index contributed by atoms with van der Waals surface area (Å²) >= 11 is 9.35. The van der Waals surface area contributed by atoms with Gasteiger partial charge in [0, 0.05) is 27.2 Å². The molecule has 21 heavy (non-hydrogen) atoms. The van der Waals surface area contributed by atoms with E-state index in [1.807, 2.05) is 6.92 Å². The van der Waals surface area contributed by atoms with Crippen LogP contribution < -0.4 is 5.32 Å². The third kappa shape index (κ3) is 2.58. The van der Waals surface area contributed by atoms with Crippen LogP contribution in [0, 0.1) is 5.82 Å². The number of fused-ring (bicyclic) bond motifs is 1. The van der Waals surface area contributed by atoms with Crippen LogP contribution in [-0.2, 0) is 6.42 Å². The maximum absolute atomic E-state index is 13.4. The van der Waals surface area contributed by atoms with E-state index in [0.717, 1.165) is 15.7 Å². The zero-order valence-corrected chi connectivity index (χ0v) is 13.6. The molecular weight excluding hydrogens is 357 g/mol. The van der Waals surface area contributed by atoms with Crippen molar-refractivity contribution in [1.29, 1.82) is 0 Å². The molecule has 1 aliphatic rings. The van der Waals surface area contributed by atoms with Gasteiger partial charge in [-0.05, 0) is 48.9 Å². The zero-order valence-electron chi connectivity index (χ0n) is 11.2. The van der Waals surface area contributed by atoms with Crippen LogP contribution in [0.3, 0.4) is 0 Å². The average Bonchev–Trinajstić information content (AvgIpc) is 2.67. The summed E-state index contributed by atoms with van der Waals surface area (Å²) < 4.78 is 14.2. The number of hydrogen-bond donors (Lipinski definition) is 1. The van der Waals surface area contributed by atoms with E-state index in [0.29, 0.717) is 17.0 Å². The first-order valence-electron chi connectivity index (χ1n) is 6.45. The minimum absolute atomic E-state index is 0.0313. The summed E-state index contributed by atoms with van der Waals surface area (Å²) in [7, 11) is 0. The number of anilines is 1. The van der Waals surface area contributed by atoms with Gasteiger partial charge in [0.15, 0.2) is 5.78 Å². The molecule has 2 aromatic carbocycles. The number of hydrogen-bond acceptors (Lipinski definition) is 2. The Hall–Kier alpha value is -1.39. The van der Waals surface area contributed by atoms with E-state index in [1.54, 1.807) is 24.3 Å². The molecule has 0 radical (unpaired) electrons. The Morgan fingerprint density at radius 2 is 2.05 bits per heavy atom. The Morgan fingerprint density at radius 3 is 2.81 bits per heavy atom. The SMILES string of the molecule is CC1(Cc2cc(F)ccc2Br)Nc2ccc(Cl)cc2C1=O. The van der Waals surface area contributed by atoms with E-state index in [1.165, 1.54) is 12.1 Å². The van der Waals surface area contributed by atoms with Gasteiger partial charge in [-0.1, -0.05) is 27.5 Å². The molecule has 0 amide bonds. The molecule has 3 rings (SSSR count). The molecule has 0 spiro atoms. The van der Waals surface area contributed by atoms with E-state index < -0.39 is 5.54 Å².